The Morgan fingerprint density at radius 2 is 1.80 bits per heavy atom. The first-order valence-corrected chi connectivity index (χ1v) is 5.64. The van der Waals surface area contributed by atoms with Gasteiger partial charge in [0.15, 0.2) is 0 Å². The molecule has 0 spiro atoms. The van der Waals surface area contributed by atoms with Crippen molar-refractivity contribution in [3.05, 3.63) is 36.8 Å². The lowest BCUT2D eigenvalue weighted by Gasteiger charge is -2.33. The van der Waals surface area contributed by atoms with Crippen molar-refractivity contribution in [2.45, 2.75) is 18.9 Å². The van der Waals surface area contributed by atoms with E-state index in [2.05, 4.69) is 48.5 Å². The Labute approximate surface area is 92.3 Å². The average molecular weight is 203 g/mol. The van der Waals surface area contributed by atoms with Gasteiger partial charge in [-0.3, -0.25) is 0 Å². The van der Waals surface area contributed by atoms with Crippen LogP contribution in [0.4, 0.5) is 5.69 Å². The SMILES string of the molecule is [CH2]c1ccc(N2CCC(NC)CC2)cc1. The zero-order valence-corrected chi connectivity index (χ0v) is 9.37. The molecular weight excluding hydrogens is 184 g/mol. The normalized spacial score (nSPS) is 18.1. The predicted octanol–water partition coefficient (Wildman–Crippen LogP) is 2.06. The zero-order valence-electron chi connectivity index (χ0n) is 9.37. The Balaban J connectivity index is 1.98. The van der Waals surface area contributed by atoms with Gasteiger partial charge in [0.05, 0.1) is 0 Å². The third-order valence-corrected chi connectivity index (χ3v) is 3.20. The molecule has 1 radical (unpaired) electrons. The van der Waals surface area contributed by atoms with Crippen molar-refractivity contribution >= 4 is 5.69 Å². The van der Waals surface area contributed by atoms with E-state index in [0.717, 1.165) is 18.7 Å². The molecule has 0 unspecified atom stereocenters. The zero-order chi connectivity index (χ0) is 10.7. The molecule has 1 aliphatic heterocycles. The van der Waals surface area contributed by atoms with Crippen LogP contribution < -0.4 is 10.2 Å². The summed E-state index contributed by atoms with van der Waals surface area (Å²) in [5, 5.41) is 3.35. The third kappa shape index (κ3) is 2.51. The van der Waals surface area contributed by atoms with Gasteiger partial charge in [-0.1, -0.05) is 12.1 Å². The van der Waals surface area contributed by atoms with Crippen molar-refractivity contribution in [3.8, 4) is 0 Å². The first kappa shape index (κ1) is 10.5. The number of hydrogen-bond donors (Lipinski definition) is 1. The maximum Gasteiger partial charge on any atom is 0.0366 e. The molecule has 0 atom stereocenters. The molecule has 1 heterocycles. The summed E-state index contributed by atoms with van der Waals surface area (Å²) in [7, 11) is 2.05. The fourth-order valence-corrected chi connectivity index (χ4v) is 2.13. The van der Waals surface area contributed by atoms with Crippen LogP contribution in [0, 0.1) is 6.92 Å². The number of piperidine rings is 1. The molecule has 2 rings (SSSR count). The Hall–Kier alpha value is -1.02. The molecule has 1 aromatic carbocycles. The largest absolute Gasteiger partial charge is 0.371 e. The standard InChI is InChI=1S/C13H19N2/c1-11-3-5-13(6-4-11)15-9-7-12(14-2)8-10-15/h3-6,12,14H,1,7-10H2,2H3. The predicted molar refractivity (Wildman–Crippen MR) is 65.2 cm³/mol. The van der Waals surface area contributed by atoms with Gasteiger partial charge in [-0.15, -0.1) is 0 Å². The molecule has 81 valence electrons. The van der Waals surface area contributed by atoms with Gasteiger partial charge in [-0.2, -0.15) is 0 Å². The summed E-state index contributed by atoms with van der Waals surface area (Å²) >= 11 is 0. The number of hydrogen-bond acceptors (Lipinski definition) is 2. The molecular formula is C13H19N2. The van der Waals surface area contributed by atoms with Crippen LogP contribution in [-0.4, -0.2) is 26.2 Å². The fourth-order valence-electron chi connectivity index (χ4n) is 2.13. The van der Waals surface area contributed by atoms with Gasteiger partial charge >= 0.3 is 0 Å². The average Bonchev–Trinajstić information content (AvgIpc) is 2.30. The number of nitrogens with zero attached hydrogens (tertiary/aromatic N) is 1. The minimum absolute atomic E-state index is 0.702. The van der Waals surface area contributed by atoms with Crippen molar-refractivity contribution in [2.75, 3.05) is 25.0 Å². The highest BCUT2D eigenvalue weighted by Crippen LogP contribution is 2.20. The molecule has 2 nitrogen and oxygen atoms in total. The van der Waals surface area contributed by atoms with Crippen LogP contribution in [0.5, 0.6) is 0 Å². The smallest absolute Gasteiger partial charge is 0.0366 e. The van der Waals surface area contributed by atoms with Crippen molar-refractivity contribution in [1.29, 1.82) is 0 Å². The number of benzene rings is 1. The van der Waals surface area contributed by atoms with Crippen molar-refractivity contribution in [1.82, 2.24) is 5.32 Å². The van der Waals surface area contributed by atoms with Crippen LogP contribution in [0.2, 0.25) is 0 Å². The first-order valence-electron chi connectivity index (χ1n) is 5.64. The minimum Gasteiger partial charge on any atom is -0.371 e. The van der Waals surface area contributed by atoms with Gasteiger partial charge in [0, 0.05) is 24.8 Å². The Kier molecular flexibility index (Phi) is 3.27. The van der Waals surface area contributed by atoms with Crippen molar-refractivity contribution in [3.63, 3.8) is 0 Å². The summed E-state index contributed by atoms with van der Waals surface area (Å²) in [6, 6.07) is 9.21. The summed E-state index contributed by atoms with van der Waals surface area (Å²) in [6.07, 6.45) is 2.48. The molecule has 0 bridgehead atoms. The van der Waals surface area contributed by atoms with Crippen molar-refractivity contribution < 1.29 is 0 Å². The molecule has 0 aromatic heterocycles. The van der Waals surface area contributed by atoms with Crippen molar-refractivity contribution in [2.24, 2.45) is 0 Å². The van der Waals surface area contributed by atoms with E-state index in [0.29, 0.717) is 6.04 Å². The molecule has 0 aliphatic carbocycles. The van der Waals surface area contributed by atoms with E-state index in [1.165, 1.54) is 18.5 Å². The topological polar surface area (TPSA) is 15.3 Å². The molecule has 0 saturated carbocycles. The second-order valence-corrected chi connectivity index (χ2v) is 4.22. The Morgan fingerprint density at radius 3 is 2.33 bits per heavy atom. The van der Waals surface area contributed by atoms with E-state index in [1.807, 2.05) is 0 Å². The Bertz CT molecular complexity index is 297. The van der Waals surface area contributed by atoms with Crippen LogP contribution in [0.15, 0.2) is 24.3 Å². The van der Waals surface area contributed by atoms with E-state index in [-0.39, 0.29) is 0 Å². The van der Waals surface area contributed by atoms with E-state index < -0.39 is 0 Å². The number of rotatable bonds is 2. The molecule has 2 heteroatoms. The maximum absolute atomic E-state index is 3.90. The lowest BCUT2D eigenvalue weighted by Crippen LogP contribution is -2.41. The maximum atomic E-state index is 3.90. The van der Waals surface area contributed by atoms with Crippen LogP contribution in [0.3, 0.4) is 0 Å². The van der Waals surface area contributed by atoms with Gasteiger partial charge in [-0.05, 0) is 44.5 Å². The van der Waals surface area contributed by atoms with Gasteiger partial charge in [-0.25, -0.2) is 0 Å². The van der Waals surface area contributed by atoms with Crippen LogP contribution in [0.1, 0.15) is 18.4 Å². The Morgan fingerprint density at radius 1 is 1.20 bits per heavy atom. The van der Waals surface area contributed by atoms with E-state index in [9.17, 15) is 0 Å². The molecule has 0 amide bonds. The number of nitrogens with one attached hydrogen (secondary N) is 1. The van der Waals surface area contributed by atoms with Gasteiger partial charge < -0.3 is 10.2 Å². The molecule has 1 N–H and O–H groups in total. The molecule has 15 heavy (non-hydrogen) atoms. The van der Waals surface area contributed by atoms with Gasteiger partial charge in [0.2, 0.25) is 0 Å². The summed E-state index contributed by atoms with van der Waals surface area (Å²) in [6.45, 7) is 6.21. The molecule has 1 fully saturated rings. The highest BCUT2D eigenvalue weighted by atomic mass is 15.1. The summed E-state index contributed by atoms with van der Waals surface area (Å²) in [5.74, 6) is 0. The highest BCUT2D eigenvalue weighted by Gasteiger charge is 2.17. The van der Waals surface area contributed by atoms with Gasteiger partial charge in [0.1, 0.15) is 0 Å². The second kappa shape index (κ2) is 4.67. The number of anilines is 1. The lowest BCUT2D eigenvalue weighted by atomic mass is 10.0. The third-order valence-electron chi connectivity index (χ3n) is 3.20. The molecule has 1 aliphatic rings. The van der Waals surface area contributed by atoms with E-state index in [4.69, 9.17) is 0 Å². The van der Waals surface area contributed by atoms with Gasteiger partial charge in [0.25, 0.3) is 0 Å². The van der Waals surface area contributed by atoms with Crippen LogP contribution >= 0.6 is 0 Å². The monoisotopic (exact) mass is 203 g/mol. The first-order chi connectivity index (χ1) is 7.29. The summed E-state index contributed by atoms with van der Waals surface area (Å²) in [4.78, 5) is 2.45. The van der Waals surface area contributed by atoms with Crippen LogP contribution in [0.25, 0.3) is 0 Å². The fraction of sp³-hybridized carbons (Fsp3) is 0.462. The molecule has 1 saturated heterocycles. The summed E-state index contributed by atoms with van der Waals surface area (Å²) < 4.78 is 0. The van der Waals surface area contributed by atoms with E-state index >= 15 is 0 Å². The highest BCUT2D eigenvalue weighted by molar-refractivity contribution is 5.48. The van der Waals surface area contributed by atoms with E-state index in [1.54, 1.807) is 0 Å². The molecule has 1 aromatic rings. The minimum atomic E-state index is 0.702. The quantitative estimate of drug-likeness (QED) is 0.791. The van der Waals surface area contributed by atoms with Crippen LogP contribution in [-0.2, 0) is 0 Å². The summed E-state index contributed by atoms with van der Waals surface area (Å²) in [5.41, 5.74) is 2.42. The second-order valence-electron chi connectivity index (χ2n) is 4.22. The lowest BCUT2D eigenvalue weighted by molar-refractivity contribution is 0.442.